The molecule has 1 rings (SSSR count). The first-order valence-electron chi connectivity index (χ1n) is 5.86. The van der Waals surface area contributed by atoms with Crippen molar-refractivity contribution in [1.82, 2.24) is 15.3 Å². The Balaban J connectivity index is 2.63. The average Bonchev–Trinajstić information content (AvgIpc) is 2.25. The lowest BCUT2D eigenvalue weighted by molar-refractivity contribution is 0.0253. The minimum atomic E-state index is -0.989. The average molecular weight is 252 g/mol. The molecule has 0 spiro atoms. The van der Waals surface area contributed by atoms with E-state index < -0.39 is 11.6 Å². The molecular weight excluding hydrogens is 232 g/mol. The summed E-state index contributed by atoms with van der Waals surface area (Å²) in [5.74, 6) is 0.530. The van der Waals surface area contributed by atoms with Gasteiger partial charge >= 0.3 is 6.03 Å². The van der Waals surface area contributed by atoms with E-state index in [-0.39, 0.29) is 12.0 Å². The van der Waals surface area contributed by atoms with Gasteiger partial charge in [0.1, 0.15) is 12.1 Å². The van der Waals surface area contributed by atoms with Crippen LogP contribution in [0.25, 0.3) is 0 Å². The van der Waals surface area contributed by atoms with E-state index in [0.29, 0.717) is 5.82 Å². The molecular formula is C12H20N4O2. The highest BCUT2D eigenvalue weighted by Crippen LogP contribution is 2.16. The number of rotatable bonds is 4. The number of aromatic nitrogens is 2. The summed E-state index contributed by atoms with van der Waals surface area (Å²) in [6, 6.07) is 0.850. The molecule has 0 unspecified atom stereocenters. The second-order valence-electron chi connectivity index (χ2n) is 5.07. The van der Waals surface area contributed by atoms with Crippen LogP contribution in [-0.4, -0.2) is 32.7 Å². The molecule has 100 valence electrons. The van der Waals surface area contributed by atoms with Crippen molar-refractivity contribution >= 4 is 11.8 Å². The highest BCUT2D eigenvalue weighted by Gasteiger charge is 2.30. The Morgan fingerprint density at radius 3 is 2.56 bits per heavy atom. The monoisotopic (exact) mass is 252 g/mol. The fraction of sp³-hybridized carbons (Fsp3) is 0.583. The van der Waals surface area contributed by atoms with Gasteiger partial charge in [-0.15, -0.1) is 0 Å². The normalized spacial score (nSPS) is 13.2. The number of carbonyl (C=O) groups excluding carboxylic acids is 1. The molecule has 18 heavy (non-hydrogen) atoms. The fourth-order valence-electron chi connectivity index (χ4n) is 1.82. The third-order valence-electron chi connectivity index (χ3n) is 2.54. The van der Waals surface area contributed by atoms with Crippen molar-refractivity contribution in [3.05, 3.63) is 18.6 Å². The molecule has 6 nitrogen and oxygen atoms in total. The Hall–Kier alpha value is -1.69. The first-order chi connectivity index (χ1) is 8.30. The van der Waals surface area contributed by atoms with Crippen molar-refractivity contribution in [2.45, 2.75) is 39.3 Å². The molecule has 0 radical (unpaired) electrons. The Morgan fingerprint density at radius 1 is 1.44 bits per heavy atom. The summed E-state index contributed by atoms with van der Waals surface area (Å²) < 4.78 is 0. The second kappa shape index (κ2) is 5.77. The van der Waals surface area contributed by atoms with Crippen molar-refractivity contribution in [2.24, 2.45) is 5.92 Å². The van der Waals surface area contributed by atoms with Gasteiger partial charge < -0.3 is 10.4 Å². The molecule has 0 bridgehead atoms. The number of nitrogens with one attached hydrogen (secondary N) is 2. The maximum absolute atomic E-state index is 11.8. The molecule has 0 saturated heterocycles. The predicted molar refractivity (Wildman–Crippen MR) is 69.1 cm³/mol. The van der Waals surface area contributed by atoms with Crippen molar-refractivity contribution < 1.29 is 9.90 Å². The minimum absolute atomic E-state index is 0.112. The summed E-state index contributed by atoms with van der Waals surface area (Å²) in [6.07, 6.45) is 2.89. The van der Waals surface area contributed by atoms with E-state index in [1.807, 2.05) is 13.8 Å². The van der Waals surface area contributed by atoms with Crippen LogP contribution in [0.3, 0.4) is 0 Å². The van der Waals surface area contributed by atoms with Gasteiger partial charge in [-0.3, -0.25) is 5.32 Å². The second-order valence-corrected chi connectivity index (χ2v) is 5.07. The summed E-state index contributed by atoms with van der Waals surface area (Å²) >= 11 is 0. The van der Waals surface area contributed by atoms with Gasteiger partial charge in [0.05, 0.1) is 11.6 Å². The van der Waals surface area contributed by atoms with Gasteiger partial charge in [0.25, 0.3) is 0 Å². The summed E-state index contributed by atoms with van der Waals surface area (Å²) in [7, 11) is 0. The van der Waals surface area contributed by atoms with Gasteiger partial charge in [0.2, 0.25) is 0 Å². The first-order valence-corrected chi connectivity index (χ1v) is 5.86. The van der Waals surface area contributed by atoms with E-state index in [1.54, 1.807) is 26.1 Å². The number of nitrogens with zero attached hydrogens (tertiary/aromatic N) is 2. The highest BCUT2D eigenvalue weighted by molar-refractivity contribution is 5.88. The maximum Gasteiger partial charge on any atom is 0.320 e. The molecule has 2 amide bonds. The summed E-state index contributed by atoms with van der Waals surface area (Å²) in [5.41, 5.74) is -0.989. The van der Waals surface area contributed by atoms with Gasteiger partial charge in [0, 0.05) is 6.20 Å². The number of carbonyl (C=O) groups is 1. The van der Waals surface area contributed by atoms with Crippen LogP contribution < -0.4 is 10.6 Å². The predicted octanol–water partition coefficient (Wildman–Crippen LogP) is 1.39. The molecule has 1 atom stereocenters. The van der Waals surface area contributed by atoms with Crippen LogP contribution in [0.15, 0.2) is 18.6 Å². The van der Waals surface area contributed by atoms with E-state index in [9.17, 15) is 9.90 Å². The van der Waals surface area contributed by atoms with Gasteiger partial charge in [-0.25, -0.2) is 14.8 Å². The van der Waals surface area contributed by atoms with Crippen LogP contribution in [0.1, 0.15) is 27.7 Å². The number of anilines is 1. The number of hydrogen-bond acceptors (Lipinski definition) is 4. The smallest absolute Gasteiger partial charge is 0.320 e. The van der Waals surface area contributed by atoms with E-state index in [2.05, 4.69) is 20.6 Å². The number of aliphatic hydroxyl groups is 1. The zero-order chi connectivity index (χ0) is 13.8. The van der Waals surface area contributed by atoms with Crippen molar-refractivity contribution in [3.8, 4) is 0 Å². The molecule has 1 aromatic heterocycles. The van der Waals surface area contributed by atoms with Crippen LogP contribution in [-0.2, 0) is 0 Å². The molecule has 0 fully saturated rings. The van der Waals surface area contributed by atoms with Gasteiger partial charge in [-0.2, -0.15) is 0 Å². The summed E-state index contributed by atoms with van der Waals surface area (Å²) in [5, 5.41) is 15.3. The molecule has 0 aliphatic rings. The van der Waals surface area contributed by atoms with Crippen LogP contribution in [0.2, 0.25) is 0 Å². The third kappa shape index (κ3) is 4.29. The zero-order valence-electron chi connectivity index (χ0n) is 11.1. The van der Waals surface area contributed by atoms with Crippen LogP contribution >= 0.6 is 0 Å². The maximum atomic E-state index is 11.8. The Morgan fingerprint density at radius 2 is 2.11 bits per heavy atom. The molecule has 0 aliphatic heterocycles. The molecule has 1 heterocycles. The van der Waals surface area contributed by atoms with Gasteiger partial charge in [0.15, 0.2) is 0 Å². The molecule has 1 aromatic rings. The standard InChI is InChI=1S/C12H20N4O2/c1-8(2)10(12(3,4)18)16-11(17)15-9-5-6-13-7-14-9/h5-8,10,18H,1-4H3,(H2,13,14,15,16,17)/t10-/m0/s1. The van der Waals surface area contributed by atoms with Crippen molar-refractivity contribution in [3.63, 3.8) is 0 Å². The molecule has 3 N–H and O–H groups in total. The van der Waals surface area contributed by atoms with Crippen molar-refractivity contribution in [2.75, 3.05) is 5.32 Å². The fourth-order valence-corrected chi connectivity index (χ4v) is 1.82. The lowest BCUT2D eigenvalue weighted by Gasteiger charge is -2.33. The molecule has 0 aromatic carbocycles. The number of amides is 2. The molecule has 6 heteroatoms. The van der Waals surface area contributed by atoms with Crippen LogP contribution in [0.5, 0.6) is 0 Å². The van der Waals surface area contributed by atoms with Crippen molar-refractivity contribution in [1.29, 1.82) is 0 Å². The minimum Gasteiger partial charge on any atom is -0.388 e. The topological polar surface area (TPSA) is 87.1 Å². The molecule has 0 aliphatic carbocycles. The Kier molecular flexibility index (Phi) is 4.61. The quantitative estimate of drug-likeness (QED) is 0.755. The largest absolute Gasteiger partial charge is 0.388 e. The van der Waals surface area contributed by atoms with Gasteiger partial charge in [-0.05, 0) is 25.8 Å². The van der Waals surface area contributed by atoms with Crippen LogP contribution in [0.4, 0.5) is 10.6 Å². The molecule has 0 saturated carbocycles. The lowest BCUT2D eigenvalue weighted by atomic mass is 9.89. The van der Waals surface area contributed by atoms with E-state index >= 15 is 0 Å². The summed E-state index contributed by atoms with van der Waals surface area (Å²) in [6.45, 7) is 7.21. The Bertz CT molecular complexity index is 387. The van der Waals surface area contributed by atoms with E-state index in [1.165, 1.54) is 6.33 Å². The van der Waals surface area contributed by atoms with Crippen LogP contribution in [0, 0.1) is 5.92 Å². The number of urea groups is 1. The van der Waals surface area contributed by atoms with E-state index in [4.69, 9.17) is 0 Å². The Labute approximate surface area is 107 Å². The number of hydrogen-bond donors (Lipinski definition) is 3. The van der Waals surface area contributed by atoms with E-state index in [0.717, 1.165) is 0 Å². The zero-order valence-corrected chi connectivity index (χ0v) is 11.1. The first kappa shape index (κ1) is 14.4. The van der Waals surface area contributed by atoms with Gasteiger partial charge in [-0.1, -0.05) is 13.8 Å². The third-order valence-corrected chi connectivity index (χ3v) is 2.54. The highest BCUT2D eigenvalue weighted by atomic mass is 16.3. The summed E-state index contributed by atoms with van der Waals surface area (Å²) in [4.78, 5) is 19.4. The SMILES string of the molecule is CC(C)[C@H](NC(=O)Nc1ccncn1)C(C)(C)O. The lowest BCUT2D eigenvalue weighted by Crippen LogP contribution is -2.53.